The quantitative estimate of drug-likeness (QED) is 0.694. The molecular formula is C14H22N2. The second kappa shape index (κ2) is 4.00. The van der Waals surface area contributed by atoms with Gasteiger partial charge >= 0.3 is 0 Å². The summed E-state index contributed by atoms with van der Waals surface area (Å²) in [6.07, 6.45) is 1.16. The summed E-state index contributed by atoms with van der Waals surface area (Å²) in [7, 11) is 0. The Balaban J connectivity index is 2.33. The molecule has 0 radical (unpaired) electrons. The Kier molecular flexibility index (Phi) is 2.83. The Morgan fingerprint density at radius 3 is 2.69 bits per heavy atom. The highest BCUT2D eigenvalue weighted by molar-refractivity contribution is 5.73. The number of hydrogen-bond donors (Lipinski definition) is 2. The fourth-order valence-corrected chi connectivity index (χ4v) is 2.25. The van der Waals surface area contributed by atoms with E-state index in [1.54, 1.807) is 0 Å². The van der Waals surface area contributed by atoms with Crippen LogP contribution >= 0.6 is 0 Å². The van der Waals surface area contributed by atoms with Crippen molar-refractivity contribution in [2.75, 3.05) is 17.2 Å². The molecule has 1 heterocycles. The third-order valence-corrected chi connectivity index (χ3v) is 3.39. The van der Waals surface area contributed by atoms with Crippen molar-refractivity contribution >= 4 is 11.4 Å². The van der Waals surface area contributed by atoms with Gasteiger partial charge in [0.15, 0.2) is 0 Å². The maximum atomic E-state index is 3.71. The summed E-state index contributed by atoms with van der Waals surface area (Å²) in [6.45, 7) is 10.1. The van der Waals surface area contributed by atoms with E-state index in [4.69, 9.17) is 0 Å². The van der Waals surface area contributed by atoms with E-state index in [-0.39, 0.29) is 0 Å². The summed E-state index contributed by atoms with van der Waals surface area (Å²) in [5.41, 5.74) is 4.14. The highest BCUT2D eigenvalue weighted by Gasteiger charge is 2.27. The highest BCUT2D eigenvalue weighted by atomic mass is 15.0. The van der Waals surface area contributed by atoms with Gasteiger partial charge in [0.1, 0.15) is 0 Å². The first-order valence-electron chi connectivity index (χ1n) is 6.08. The molecule has 1 aromatic carbocycles. The van der Waals surface area contributed by atoms with Crippen LogP contribution in [0.5, 0.6) is 0 Å². The maximum absolute atomic E-state index is 3.71. The number of benzene rings is 1. The van der Waals surface area contributed by atoms with Crippen LogP contribution < -0.4 is 10.6 Å². The lowest BCUT2D eigenvalue weighted by molar-refractivity contribution is 0.332. The van der Waals surface area contributed by atoms with Gasteiger partial charge < -0.3 is 10.6 Å². The van der Waals surface area contributed by atoms with E-state index in [9.17, 15) is 0 Å². The van der Waals surface area contributed by atoms with Gasteiger partial charge in [0, 0.05) is 12.6 Å². The summed E-state index contributed by atoms with van der Waals surface area (Å²) in [4.78, 5) is 0. The van der Waals surface area contributed by atoms with Crippen LogP contribution in [0.15, 0.2) is 18.2 Å². The van der Waals surface area contributed by atoms with Crippen LogP contribution in [-0.2, 0) is 0 Å². The zero-order chi connectivity index (χ0) is 11.8. The molecular weight excluding hydrogens is 196 g/mol. The van der Waals surface area contributed by atoms with Gasteiger partial charge in [-0.15, -0.1) is 0 Å². The molecule has 1 aliphatic rings. The molecule has 1 aliphatic heterocycles. The second-order valence-electron chi connectivity index (χ2n) is 5.78. The minimum absolute atomic E-state index is 0.297. The van der Waals surface area contributed by atoms with E-state index >= 15 is 0 Å². The number of anilines is 2. The lowest BCUT2D eigenvalue weighted by atomic mass is 9.84. The molecule has 0 aliphatic carbocycles. The van der Waals surface area contributed by atoms with E-state index in [2.05, 4.69) is 56.5 Å². The maximum Gasteiger partial charge on any atom is 0.0608 e. The van der Waals surface area contributed by atoms with Crippen LogP contribution in [0.1, 0.15) is 32.8 Å². The Morgan fingerprint density at radius 2 is 2.00 bits per heavy atom. The first kappa shape index (κ1) is 11.3. The molecule has 0 amide bonds. The Morgan fingerprint density at radius 1 is 1.25 bits per heavy atom. The molecule has 0 aromatic heterocycles. The predicted molar refractivity (Wildman–Crippen MR) is 71.2 cm³/mol. The molecule has 2 rings (SSSR count). The predicted octanol–water partition coefficient (Wildman–Crippen LogP) is 3.64. The average Bonchev–Trinajstić information content (AvgIpc) is 2.39. The van der Waals surface area contributed by atoms with Crippen LogP contribution in [0, 0.1) is 12.3 Å². The molecule has 2 nitrogen and oxygen atoms in total. The second-order valence-corrected chi connectivity index (χ2v) is 5.78. The summed E-state index contributed by atoms with van der Waals surface area (Å²) in [5.74, 6) is 0. The van der Waals surface area contributed by atoms with Gasteiger partial charge in [-0.1, -0.05) is 32.9 Å². The molecule has 1 unspecified atom stereocenters. The van der Waals surface area contributed by atoms with Gasteiger partial charge in [-0.2, -0.15) is 0 Å². The third kappa shape index (κ3) is 2.16. The van der Waals surface area contributed by atoms with Crippen LogP contribution in [0.25, 0.3) is 0 Å². The van der Waals surface area contributed by atoms with Crippen molar-refractivity contribution in [3.63, 3.8) is 0 Å². The van der Waals surface area contributed by atoms with E-state index in [1.807, 2.05) is 0 Å². The fourth-order valence-electron chi connectivity index (χ4n) is 2.25. The van der Waals surface area contributed by atoms with Gasteiger partial charge in [-0.3, -0.25) is 0 Å². The monoisotopic (exact) mass is 218 g/mol. The minimum atomic E-state index is 0.297. The number of hydrogen-bond acceptors (Lipinski definition) is 2. The van der Waals surface area contributed by atoms with Gasteiger partial charge in [-0.05, 0) is 30.4 Å². The first-order chi connectivity index (χ1) is 7.48. The van der Waals surface area contributed by atoms with E-state index in [0.29, 0.717) is 11.5 Å². The SMILES string of the molecule is Cc1cccc2c1NC(C(C)(C)C)CCN2. The molecule has 1 atom stereocenters. The van der Waals surface area contributed by atoms with Crippen molar-refractivity contribution in [2.24, 2.45) is 5.41 Å². The summed E-state index contributed by atoms with van der Waals surface area (Å²) in [5, 5.41) is 7.21. The van der Waals surface area contributed by atoms with Crippen molar-refractivity contribution in [3.05, 3.63) is 23.8 Å². The zero-order valence-electron chi connectivity index (χ0n) is 10.7. The largest absolute Gasteiger partial charge is 0.383 e. The van der Waals surface area contributed by atoms with Crippen LogP contribution in [-0.4, -0.2) is 12.6 Å². The van der Waals surface area contributed by atoms with Crippen LogP contribution in [0.4, 0.5) is 11.4 Å². The molecule has 0 saturated heterocycles. The van der Waals surface area contributed by atoms with Gasteiger partial charge in [0.05, 0.1) is 11.4 Å². The van der Waals surface area contributed by atoms with E-state index in [0.717, 1.165) is 13.0 Å². The summed E-state index contributed by atoms with van der Waals surface area (Å²) >= 11 is 0. The average molecular weight is 218 g/mol. The molecule has 0 fully saturated rings. The minimum Gasteiger partial charge on any atom is -0.383 e. The summed E-state index contributed by atoms with van der Waals surface area (Å²) in [6, 6.07) is 6.96. The van der Waals surface area contributed by atoms with Crippen LogP contribution in [0.3, 0.4) is 0 Å². The molecule has 0 saturated carbocycles. The topological polar surface area (TPSA) is 24.1 Å². The van der Waals surface area contributed by atoms with E-state index < -0.39 is 0 Å². The molecule has 0 spiro atoms. The highest BCUT2D eigenvalue weighted by Crippen LogP contribution is 2.33. The van der Waals surface area contributed by atoms with Crippen molar-refractivity contribution in [3.8, 4) is 0 Å². The Hall–Kier alpha value is -1.18. The first-order valence-corrected chi connectivity index (χ1v) is 6.08. The summed E-state index contributed by atoms with van der Waals surface area (Å²) < 4.78 is 0. The third-order valence-electron chi connectivity index (χ3n) is 3.39. The molecule has 1 aromatic rings. The molecule has 2 heteroatoms. The van der Waals surface area contributed by atoms with Gasteiger partial charge in [-0.25, -0.2) is 0 Å². The lowest BCUT2D eigenvalue weighted by Crippen LogP contribution is -2.34. The number of aryl methyl sites for hydroxylation is 1. The molecule has 88 valence electrons. The lowest BCUT2D eigenvalue weighted by Gasteiger charge is -2.31. The van der Waals surface area contributed by atoms with Gasteiger partial charge in [0.25, 0.3) is 0 Å². The number of nitrogens with one attached hydrogen (secondary N) is 2. The van der Waals surface area contributed by atoms with Crippen molar-refractivity contribution < 1.29 is 0 Å². The fraction of sp³-hybridized carbons (Fsp3) is 0.571. The Bertz CT molecular complexity index is 377. The normalized spacial score (nSPS) is 20.4. The Labute approximate surface area is 98.4 Å². The number of fused-ring (bicyclic) bond motifs is 1. The van der Waals surface area contributed by atoms with E-state index in [1.165, 1.54) is 16.9 Å². The van der Waals surface area contributed by atoms with Crippen molar-refractivity contribution in [1.82, 2.24) is 0 Å². The smallest absolute Gasteiger partial charge is 0.0608 e. The zero-order valence-corrected chi connectivity index (χ0v) is 10.7. The number of rotatable bonds is 0. The standard InChI is InChI=1S/C14H22N2/c1-10-6-5-7-11-13(10)16-12(8-9-15-11)14(2,3)4/h5-7,12,15-16H,8-9H2,1-4H3. The molecule has 2 N–H and O–H groups in total. The molecule has 0 bridgehead atoms. The van der Waals surface area contributed by atoms with Gasteiger partial charge in [0.2, 0.25) is 0 Å². The number of para-hydroxylation sites is 1. The molecule has 16 heavy (non-hydrogen) atoms. The van der Waals surface area contributed by atoms with Crippen molar-refractivity contribution in [2.45, 2.75) is 40.2 Å². The van der Waals surface area contributed by atoms with Crippen LogP contribution in [0.2, 0.25) is 0 Å². The van der Waals surface area contributed by atoms with Crippen molar-refractivity contribution in [1.29, 1.82) is 0 Å².